The molecule has 0 heterocycles. The Balaban J connectivity index is 2.81. The Kier molecular flexibility index (Phi) is 3.77. The lowest BCUT2D eigenvalue weighted by Crippen LogP contribution is -2.64. The van der Waals surface area contributed by atoms with Gasteiger partial charge in [0.25, 0.3) is 0 Å². The van der Waals surface area contributed by atoms with Gasteiger partial charge in [0, 0.05) is 32.5 Å². The number of rotatable bonds is 4. The Morgan fingerprint density at radius 1 is 1.47 bits per heavy atom. The molecule has 3 heteroatoms. The SMILES string of the molecule is CCC1(CC)[C@@H](OC)C[C@@H]1N(C)C(C)=O. The first-order chi connectivity index (χ1) is 7.03. The number of amides is 1. The molecule has 0 aromatic heterocycles. The Morgan fingerprint density at radius 3 is 2.33 bits per heavy atom. The standard InChI is InChI=1S/C12H23NO2/c1-6-12(7-2)10(8-11(12)15-5)13(4)9(3)14/h10-11H,6-8H2,1-5H3/t10-,11-/m0/s1. The Hall–Kier alpha value is -0.570. The van der Waals surface area contributed by atoms with Crippen LogP contribution in [0.4, 0.5) is 0 Å². The lowest BCUT2D eigenvalue weighted by atomic mass is 9.58. The molecule has 2 atom stereocenters. The summed E-state index contributed by atoms with van der Waals surface area (Å²) in [7, 11) is 3.67. The molecule has 0 aromatic carbocycles. The minimum atomic E-state index is 0.154. The zero-order valence-electron chi connectivity index (χ0n) is 10.5. The molecule has 0 spiro atoms. The number of carbonyl (C=O) groups is 1. The van der Waals surface area contributed by atoms with Gasteiger partial charge in [0.05, 0.1) is 6.10 Å². The predicted octanol–water partition coefficient (Wildman–Crippen LogP) is 2.06. The van der Waals surface area contributed by atoms with E-state index < -0.39 is 0 Å². The summed E-state index contributed by atoms with van der Waals surface area (Å²) >= 11 is 0. The van der Waals surface area contributed by atoms with Gasteiger partial charge >= 0.3 is 0 Å². The predicted molar refractivity (Wildman–Crippen MR) is 60.7 cm³/mol. The second kappa shape index (κ2) is 4.52. The largest absolute Gasteiger partial charge is 0.381 e. The number of ether oxygens (including phenoxy) is 1. The molecule has 88 valence electrons. The summed E-state index contributed by atoms with van der Waals surface area (Å²) < 4.78 is 5.51. The van der Waals surface area contributed by atoms with Crippen molar-refractivity contribution >= 4 is 5.91 Å². The molecule has 0 radical (unpaired) electrons. The molecule has 1 saturated carbocycles. The van der Waals surface area contributed by atoms with Crippen LogP contribution in [0.5, 0.6) is 0 Å². The van der Waals surface area contributed by atoms with Crippen LogP contribution < -0.4 is 0 Å². The summed E-state index contributed by atoms with van der Waals surface area (Å²) in [5.74, 6) is 0.154. The first kappa shape index (κ1) is 12.5. The van der Waals surface area contributed by atoms with E-state index in [1.54, 1.807) is 14.0 Å². The van der Waals surface area contributed by atoms with Crippen molar-refractivity contribution in [1.82, 2.24) is 4.90 Å². The fourth-order valence-corrected chi connectivity index (χ4v) is 3.00. The maximum Gasteiger partial charge on any atom is 0.219 e. The molecular formula is C12H23NO2. The molecule has 0 bridgehead atoms. The summed E-state index contributed by atoms with van der Waals surface area (Å²) in [5.41, 5.74) is 0.176. The lowest BCUT2D eigenvalue weighted by Gasteiger charge is -2.57. The van der Waals surface area contributed by atoms with Gasteiger partial charge in [-0.05, 0) is 19.3 Å². The van der Waals surface area contributed by atoms with Gasteiger partial charge in [-0.1, -0.05) is 13.8 Å². The van der Waals surface area contributed by atoms with Crippen LogP contribution in [0.15, 0.2) is 0 Å². The third kappa shape index (κ3) is 1.78. The van der Waals surface area contributed by atoms with E-state index in [0.29, 0.717) is 12.1 Å². The fraction of sp³-hybridized carbons (Fsp3) is 0.917. The van der Waals surface area contributed by atoms with Crippen molar-refractivity contribution in [3.05, 3.63) is 0 Å². The van der Waals surface area contributed by atoms with Gasteiger partial charge in [-0.15, -0.1) is 0 Å². The summed E-state index contributed by atoms with van der Waals surface area (Å²) in [5, 5.41) is 0. The lowest BCUT2D eigenvalue weighted by molar-refractivity contribution is -0.168. The highest BCUT2D eigenvalue weighted by atomic mass is 16.5. The van der Waals surface area contributed by atoms with Crippen LogP contribution in [0, 0.1) is 5.41 Å². The minimum absolute atomic E-state index is 0.154. The zero-order chi connectivity index (χ0) is 11.6. The molecule has 0 N–H and O–H groups in total. The molecule has 0 aliphatic heterocycles. The quantitative estimate of drug-likeness (QED) is 0.715. The van der Waals surface area contributed by atoms with Crippen LogP contribution in [0.25, 0.3) is 0 Å². The van der Waals surface area contributed by atoms with Crippen LogP contribution >= 0.6 is 0 Å². The molecule has 1 aliphatic carbocycles. The van der Waals surface area contributed by atoms with E-state index in [4.69, 9.17) is 4.74 Å². The second-order valence-corrected chi connectivity index (χ2v) is 4.55. The molecule has 0 unspecified atom stereocenters. The third-order valence-corrected chi connectivity index (χ3v) is 4.31. The Morgan fingerprint density at radius 2 is 2.00 bits per heavy atom. The van der Waals surface area contributed by atoms with Gasteiger partial charge in [-0.2, -0.15) is 0 Å². The number of carbonyl (C=O) groups excluding carboxylic acids is 1. The first-order valence-electron chi connectivity index (χ1n) is 5.79. The molecule has 3 nitrogen and oxygen atoms in total. The maximum absolute atomic E-state index is 11.4. The van der Waals surface area contributed by atoms with E-state index in [9.17, 15) is 4.79 Å². The summed E-state index contributed by atoms with van der Waals surface area (Å²) in [6.45, 7) is 6.02. The van der Waals surface area contributed by atoms with Crippen molar-refractivity contribution in [2.45, 2.75) is 52.2 Å². The first-order valence-corrected chi connectivity index (χ1v) is 5.79. The molecular weight excluding hydrogens is 190 g/mol. The van der Waals surface area contributed by atoms with Gasteiger partial charge < -0.3 is 9.64 Å². The molecule has 1 amide bonds. The average molecular weight is 213 g/mol. The molecule has 1 fully saturated rings. The van der Waals surface area contributed by atoms with E-state index in [2.05, 4.69) is 13.8 Å². The zero-order valence-corrected chi connectivity index (χ0v) is 10.5. The van der Waals surface area contributed by atoms with E-state index >= 15 is 0 Å². The van der Waals surface area contributed by atoms with Crippen molar-refractivity contribution in [2.75, 3.05) is 14.2 Å². The highest BCUT2D eigenvalue weighted by molar-refractivity contribution is 5.73. The smallest absolute Gasteiger partial charge is 0.219 e. The van der Waals surface area contributed by atoms with Crippen molar-refractivity contribution in [2.24, 2.45) is 5.41 Å². The minimum Gasteiger partial charge on any atom is -0.381 e. The number of hydrogen-bond donors (Lipinski definition) is 0. The molecule has 0 aromatic rings. The van der Waals surface area contributed by atoms with Crippen LogP contribution in [-0.2, 0) is 9.53 Å². The van der Waals surface area contributed by atoms with E-state index in [-0.39, 0.29) is 11.3 Å². The molecule has 1 rings (SSSR count). The molecule has 1 aliphatic rings. The number of nitrogens with zero attached hydrogens (tertiary/aromatic N) is 1. The van der Waals surface area contributed by atoms with E-state index in [1.165, 1.54) is 0 Å². The third-order valence-electron chi connectivity index (χ3n) is 4.31. The van der Waals surface area contributed by atoms with Gasteiger partial charge in [0.1, 0.15) is 0 Å². The number of methoxy groups -OCH3 is 1. The topological polar surface area (TPSA) is 29.5 Å². The Bertz CT molecular complexity index is 236. The van der Waals surface area contributed by atoms with Crippen LogP contribution in [0.1, 0.15) is 40.0 Å². The maximum atomic E-state index is 11.4. The van der Waals surface area contributed by atoms with Crippen LogP contribution in [0.3, 0.4) is 0 Å². The van der Waals surface area contributed by atoms with Gasteiger partial charge in [-0.3, -0.25) is 4.79 Å². The van der Waals surface area contributed by atoms with E-state index in [1.807, 2.05) is 11.9 Å². The Labute approximate surface area is 92.8 Å². The number of hydrogen-bond acceptors (Lipinski definition) is 2. The average Bonchev–Trinajstić information content (AvgIpc) is 2.19. The summed E-state index contributed by atoms with van der Waals surface area (Å²) in [6.07, 6.45) is 3.45. The van der Waals surface area contributed by atoms with Crippen molar-refractivity contribution in [3.63, 3.8) is 0 Å². The van der Waals surface area contributed by atoms with Gasteiger partial charge in [0.15, 0.2) is 0 Å². The van der Waals surface area contributed by atoms with Crippen molar-refractivity contribution in [1.29, 1.82) is 0 Å². The summed E-state index contributed by atoms with van der Waals surface area (Å²) in [4.78, 5) is 13.3. The monoisotopic (exact) mass is 213 g/mol. The molecule has 0 saturated heterocycles. The van der Waals surface area contributed by atoms with Gasteiger partial charge in [-0.25, -0.2) is 0 Å². The van der Waals surface area contributed by atoms with Gasteiger partial charge in [0.2, 0.25) is 5.91 Å². The highest BCUT2D eigenvalue weighted by Gasteiger charge is 2.55. The van der Waals surface area contributed by atoms with E-state index in [0.717, 1.165) is 19.3 Å². The summed E-state index contributed by atoms with van der Waals surface area (Å²) in [6, 6.07) is 0.356. The van der Waals surface area contributed by atoms with Crippen LogP contribution in [-0.4, -0.2) is 37.1 Å². The van der Waals surface area contributed by atoms with Crippen molar-refractivity contribution < 1.29 is 9.53 Å². The fourth-order valence-electron chi connectivity index (χ4n) is 3.00. The highest BCUT2D eigenvalue weighted by Crippen LogP contribution is 2.50. The van der Waals surface area contributed by atoms with Crippen LogP contribution in [0.2, 0.25) is 0 Å². The second-order valence-electron chi connectivity index (χ2n) is 4.55. The normalized spacial score (nSPS) is 28.3. The molecule has 15 heavy (non-hydrogen) atoms. The van der Waals surface area contributed by atoms with Crippen molar-refractivity contribution in [3.8, 4) is 0 Å².